The third kappa shape index (κ3) is 6.58. The van der Waals surface area contributed by atoms with Gasteiger partial charge in [0.1, 0.15) is 23.0 Å². The fourth-order valence-corrected chi connectivity index (χ4v) is 16.2. The van der Waals surface area contributed by atoms with E-state index in [1.165, 1.54) is 88.7 Å². The molecule has 0 atom stereocenters. The Morgan fingerprint density at radius 2 is 0.908 bits per heavy atom. The third-order valence-electron chi connectivity index (χ3n) is 19.9. The summed E-state index contributed by atoms with van der Waals surface area (Å²) in [6.07, 6.45) is 0. The lowest BCUT2D eigenvalue weighted by atomic mass is 9.34. The van der Waals surface area contributed by atoms with E-state index in [2.05, 4.69) is 308 Å². The van der Waals surface area contributed by atoms with Crippen LogP contribution in [0.15, 0.2) is 285 Å². The van der Waals surface area contributed by atoms with Gasteiger partial charge < -0.3 is 18.9 Å². The highest BCUT2D eigenvalue weighted by atomic mass is 16.5. The Balaban J connectivity index is 0.764. The van der Waals surface area contributed by atoms with Crippen LogP contribution in [-0.4, -0.2) is 11.3 Å². The van der Waals surface area contributed by atoms with Crippen molar-refractivity contribution in [2.45, 2.75) is 24.7 Å². The van der Waals surface area contributed by atoms with Crippen molar-refractivity contribution in [3.63, 3.8) is 0 Å². The van der Waals surface area contributed by atoms with Crippen LogP contribution in [0.2, 0.25) is 0 Å². The summed E-state index contributed by atoms with van der Waals surface area (Å²) in [6, 6.07) is 106. The minimum atomic E-state index is -0.474. The highest BCUT2D eigenvalue weighted by molar-refractivity contribution is 6.98. The largest absolute Gasteiger partial charge is 0.458 e. The standard InChI is InChI=1S/C82H53BN2O2/c1-81(2)64-45-40-52(56-27-18-33-71-80(56)87-77-49-55(48-76-79(77)83(71)70-32-14-17-37-75(70)86-76)85-72-34-15-9-24-60(72)61-25-10-16-35-73(61)85)46-63(64)59-44-43-54(47-69(59)81)84(53-41-38-51(39-42-53)50-20-4-3-5-21-50)74-36-19-31-68-78(74)62-26-8-13-30-67(62)82(68)65-28-11-6-22-57(65)58-23-7-12-29-66(58)82/h3-49H,1-2H3. The number of nitrogens with zero attached hydrogens (tertiary/aromatic N) is 2. The molecule has 3 heterocycles. The van der Waals surface area contributed by atoms with Crippen LogP contribution >= 0.6 is 0 Å². The molecule has 0 fully saturated rings. The summed E-state index contributed by atoms with van der Waals surface area (Å²) in [5.74, 6) is 3.37. The summed E-state index contributed by atoms with van der Waals surface area (Å²) in [5.41, 5.74) is 29.3. The van der Waals surface area contributed by atoms with Gasteiger partial charge in [0.05, 0.1) is 27.8 Å². The Morgan fingerprint density at radius 3 is 1.66 bits per heavy atom. The molecule has 5 aliphatic rings. The zero-order valence-electron chi connectivity index (χ0n) is 47.9. The summed E-state index contributed by atoms with van der Waals surface area (Å²) >= 11 is 0. The molecule has 19 rings (SSSR count). The zero-order chi connectivity index (χ0) is 57.3. The van der Waals surface area contributed by atoms with Gasteiger partial charge in [-0.1, -0.05) is 232 Å². The predicted octanol–water partition coefficient (Wildman–Crippen LogP) is 19.0. The van der Waals surface area contributed by atoms with Crippen LogP contribution in [0, 0.1) is 0 Å². The van der Waals surface area contributed by atoms with Crippen molar-refractivity contribution in [3.8, 4) is 84.3 Å². The number of hydrogen-bond acceptors (Lipinski definition) is 3. The first-order chi connectivity index (χ1) is 42.9. The van der Waals surface area contributed by atoms with Crippen molar-refractivity contribution in [1.29, 1.82) is 0 Å². The second-order valence-corrected chi connectivity index (χ2v) is 24.6. The van der Waals surface area contributed by atoms with Gasteiger partial charge in [-0.15, -0.1) is 0 Å². The van der Waals surface area contributed by atoms with E-state index < -0.39 is 5.41 Å². The Labute approximate surface area is 505 Å². The minimum Gasteiger partial charge on any atom is -0.458 e. The second kappa shape index (κ2) is 17.8. The lowest BCUT2D eigenvalue weighted by Gasteiger charge is -2.34. The second-order valence-electron chi connectivity index (χ2n) is 24.6. The molecule has 0 N–H and O–H groups in total. The van der Waals surface area contributed by atoms with Crippen molar-refractivity contribution in [2.24, 2.45) is 0 Å². The molecule has 1 aromatic heterocycles. The molecule has 0 radical (unpaired) electrons. The van der Waals surface area contributed by atoms with Gasteiger partial charge in [-0.3, -0.25) is 0 Å². The van der Waals surface area contributed by atoms with Crippen LogP contribution in [0.3, 0.4) is 0 Å². The Hall–Kier alpha value is -10.9. The molecule has 3 aliphatic carbocycles. The average Bonchev–Trinajstić information content (AvgIpc) is 1.54. The van der Waals surface area contributed by atoms with E-state index in [1.807, 2.05) is 0 Å². The SMILES string of the molecule is CC1(C)c2ccc(-c3cccc4c3Oc3cc(-n5c6ccccc6c6ccccc65)cc5c3B4c3ccccc3O5)cc2-c2ccc(N(c3ccc(-c4ccccc4)cc3)c3cccc4c3-c3ccccc3C43c4ccccc4-c4ccccc43)cc21. The molecule has 0 saturated carbocycles. The quantitative estimate of drug-likeness (QED) is 0.155. The molecule has 1 spiro atoms. The molecule has 0 saturated heterocycles. The van der Waals surface area contributed by atoms with E-state index in [-0.39, 0.29) is 12.1 Å². The van der Waals surface area contributed by atoms with Crippen LogP contribution < -0.4 is 30.8 Å². The van der Waals surface area contributed by atoms with Gasteiger partial charge in [-0.25, -0.2) is 0 Å². The average molecular weight is 1110 g/mol. The highest BCUT2D eigenvalue weighted by Gasteiger charge is 2.52. The number of hydrogen-bond donors (Lipinski definition) is 0. The number of benzene rings is 13. The molecule has 0 bridgehead atoms. The van der Waals surface area contributed by atoms with Crippen LogP contribution in [0.5, 0.6) is 23.0 Å². The van der Waals surface area contributed by atoms with E-state index in [0.717, 1.165) is 84.3 Å². The lowest BCUT2D eigenvalue weighted by molar-refractivity contribution is 0.465. The minimum absolute atomic E-state index is 0.0875. The third-order valence-corrected chi connectivity index (χ3v) is 19.9. The molecule has 2 aliphatic heterocycles. The van der Waals surface area contributed by atoms with E-state index in [4.69, 9.17) is 9.47 Å². The molecule has 14 aromatic rings. The molecule has 406 valence electrons. The van der Waals surface area contributed by atoms with E-state index >= 15 is 0 Å². The maximum atomic E-state index is 7.40. The molecular weight excluding hydrogens is 1060 g/mol. The number of fused-ring (bicyclic) bond motifs is 20. The van der Waals surface area contributed by atoms with Crippen LogP contribution in [-0.2, 0) is 10.8 Å². The first-order valence-corrected chi connectivity index (χ1v) is 30.3. The summed E-state index contributed by atoms with van der Waals surface area (Å²) in [7, 11) is 0. The number of para-hydroxylation sites is 4. The van der Waals surface area contributed by atoms with E-state index in [0.29, 0.717) is 0 Å². The molecule has 0 unspecified atom stereocenters. The molecule has 87 heavy (non-hydrogen) atoms. The summed E-state index contributed by atoms with van der Waals surface area (Å²) in [5, 5.41) is 2.42. The fraction of sp³-hybridized carbons (Fsp3) is 0.0488. The Bertz CT molecular complexity index is 5190. The van der Waals surface area contributed by atoms with Crippen molar-refractivity contribution in [2.75, 3.05) is 4.90 Å². The van der Waals surface area contributed by atoms with Gasteiger partial charge in [-0.05, 0) is 143 Å². The molecule has 13 aromatic carbocycles. The molecular formula is C82H53BN2O2. The highest BCUT2D eigenvalue weighted by Crippen LogP contribution is 2.65. The van der Waals surface area contributed by atoms with Crippen molar-refractivity contribution in [1.82, 2.24) is 4.57 Å². The van der Waals surface area contributed by atoms with Gasteiger partial charge in [0.25, 0.3) is 6.71 Å². The normalized spacial score (nSPS) is 14.2. The van der Waals surface area contributed by atoms with E-state index in [9.17, 15) is 0 Å². The maximum absolute atomic E-state index is 7.40. The number of ether oxygens (including phenoxy) is 2. The maximum Gasteiger partial charge on any atom is 0.260 e. The Kier molecular flexibility index (Phi) is 9.94. The van der Waals surface area contributed by atoms with Crippen LogP contribution in [0.1, 0.15) is 47.2 Å². The molecule has 0 amide bonds. The molecule has 5 heteroatoms. The predicted molar refractivity (Wildman–Crippen MR) is 358 cm³/mol. The zero-order valence-corrected chi connectivity index (χ0v) is 47.9. The fourth-order valence-electron chi connectivity index (χ4n) is 16.2. The van der Waals surface area contributed by atoms with Gasteiger partial charge >= 0.3 is 0 Å². The van der Waals surface area contributed by atoms with E-state index in [1.54, 1.807) is 0 Å². The smallest absolute Gasteiger partial charge is 0.260 e. The van der Waals surface area contributed by atoms with Gasteiger partial charge in [0.15, 0.2) is 0 Å². The first-order valence-electron chi connectivity index (χ1n) is 30.3. The van der Waals surface area contributed by atoms with Crippen molar-refractivity contribution < 1.29 is 9.47 Å². The number of rotatable bonds is 6. The topological polar surface area (TPSA) is 26.6 Å². The first kappa shape index (κ1) is 48.5. The van der Waals surface area contributed by atoms with Crippen LogP contribution in [0.4, 0.5) is 17.1 Å². The van der Waals surface area contributed by atoms with Gasteiger partial charge in [-0.2, -0.15) is 0 Å². The lowest BCUT2D eigenvalue weighted by Crippen LogP contribution is -2.57. The summed E-state index contributed by atoms with van der Waals surface area (Å²) in [4.78, 5) is 2.53. The monoisotopic (exact) mass is 1110 g/mol. The summed E-state index contributed by atoms with van der Waals surface area (Å²) < 4.78 is 16.6. The summed E-state index contributed by atoms with van der Waals surface area (Å²) in [6.45, 7) is 4.71. The van der Waals surface area contributed by atoms with Crippen molar-refractivity contribution in [3.05, 3.63) is 318 Å². The Morgan fingerprint density at radius 1 is 0.356 bits per heavy atom. The van der Waals surface area contributed by atoms with Gasteiger partial charge in [0.2, 0.25) is 0 Å². The van der Waals surface area contributed by atoms with Crippen LogP contribution in [0.25, 0.3) is 83.1 Å². The number of anilines is 3. The van der Waals surface area contributed by atoms with Crippen molar-refractivity contribution >= 4 is 62.0 Å². The molecule has 4 nitrogen and oxygen atoms in total. The van der Waals surface area contributed by atoms with Gasteiger partial charge in [0, 0.05) is 56.3 Å². The number of aromatic nitrogens is 1.